The minimum absolute atomic E-state index is 0.184. The van der Waals surface area contributed by atoms with Crippen molar-refractivity contribution in [3.8, 4) is 0 Å². The van der Waals surface area contributed by atoms with Crippen LogP contribution in [-0.4, -0.2) is 23.0 Å². The van der Waals surface area contributed by atoms with E-state index >= 15 is 0 Å². The van der Waals surface area contributed by atoms with Crippen molar-refractivity contribution in [2.45, 2.75) is 33.2 Å². The molecule has 0 heterocycles. The molecule has 0 unspecified atom stereocenters. The van der Waals surface area contributed by atoms with E-state index < -0.39 is 17.9 Å². The van der Waals surface area contributed by atoms with Gasteiger partial charge in [0.1, 0.15) is 6.04 Å². The third-order valence-corrected chi connectivity index (χ3v) is 2.93. The summed E-state index contributed by atoms with van der Waals surface area (Å²) in [6.07, 6.45) is 0.391. The summed E-state index contributed by atoms with van der Waals surface area (Å²) in [6.45, 7) is 5.56. The van der Waals surface area contributed by atoms with Crippen molar-refractivity contribution in [3.05, 3.63) is 29.3 Å². The number of nitrogens with one attached hydrogen (secondary N) is 1. The Balaban J connectivity index is 2.88. The van der Waals surface area contributed by atoms with Crippen LogP contribution < -0.4 is 11.1 Å². The number of aliphatic carboxylic acids is 1. The van der Waals surface area contributed by atoms with E-state index in [1.165, 1.54) is 0 Å². The standard InChI is InChI=1S/C14H20N2O3/c1-8(2)7-12(14(18)19)16-13(17)10-5-4-6-11(15)9(10)3/h4-6,8,12H,7,15H2,1-3H3,(H,16,17)(H,18,19)/t12-/m0/s1. The highest BCUT2D eigenvalue weighted by Gasteiger charge is 2.22. The maximum Gasteiger partial charge on any atom is 0.326 e. The molecule has 19 heavy (non-hydrogen) atoms. The van der Waals surface area contributed by atoms with Gasteiger partial charge in [0.05, 0.1) is 0 Å². The van der Waals surface area contributed by atoms with Gasteiger partial charge in [-0.3, -0.25) is 4.79 Å². The summed E-state index contributed by atoms with van der Waals surface area (Å²) < 4.78 is 0. The molecule has 0 aromatic heterocycles. The van der Waals surface area contributed by atoms with Crippen LogP contribution in [0.15, 0.2) is 18.2 Å². The molecule has 0 saturated heterocycles. The van der Waals surface area contributed by atoms with Crippen molar-refractivity contribution in [3.63, 3.8) is 0 Å². The largest absolute Gasteiger partial charge is 0.480 e. The van der Waals surface area contributed by atoms with Crippen LogP contribution in [0.25, 0.3) is 0 Å². The van der Waals surface area contributed by atoms with Gasteiger partial charge in [-0.15, -0.1) is 0 Å². The van der Waals surface area contributed by atoms with Crippen molar-refractivity contribution in [1.29, 1.82) is 0 Å². The van der Waals surface area contributed by atoms with Crippen LogP contribution in [-0.2, 0) is 4.79 Å². The monoisotopic (exact) mass is 264 g/mol. The molecule has 0 aliphatic rings. The number of rotatable bonds is 5. The molecule has 1 rings (SSSR count). The lowest BCUT2D eigenvalue weighted by Gasteiger charge is -2.17. The first-order valence-electron chi connectivity index (χ1n) is 6.21. The minimum atomic E-state index is -1.02. The molecule has 0 fully saturated rings. The molecule has 5 heteroatoms. The fourth-order valence-electron chi connectivity index (χ4n) is 1.83. The summed E-state index contributed by atoms with van der Waals surface area (Å²) in [4.78, 5) is 23.2. The van der Waals surface area contributed by atoms with Gasteiger partial charge in [-0.2, -0.15) is 0 Å². The van der Waals surface area contributed by atoms with Crippen LogP contribution in [0.2, 0.25) is 0 Å². The van der Waals surface area contributed by atoms with E-state index in [0.29, 0.717) is 23.2 Å². The zero-order valence-corrected chi connectivity index (χ0v) is 11.4. The summed E-state index contributed by atoms with van der Waals surface area (Å²) in [6, 6.07) is 4.13. The molecule has 0 aliphatic heterocycles. The van der Waals surface area contributed by atoms with Crippen molar-refractivity contribution >= 4 is 17.6 Å². The maximum absolute atomic E-state index is 12.1. The molecule has 1 atom stereocenters. The normalized spacial score (nSPS) is 12.2. The van der Waals surface area contributed by atoms with E-state index in [2.05, 4.69) is 5.32 Å². The molecule has 1 aromatic rings. The zero-order chi connectivity index (χ0) is 14.6. The molecule has 0 spiro atoms. The first-order chi connectivity index (χ1) is 8.82. The van der Waals surface area contributed by atoms with Gasteiger partial charge in [-0.1, -0.05) is 19.9 Å². The summed E-state index contributed by atoms with van der Waals surface area (Å²) >= 11 is 0. The third kappa shape index (κ3) is 3.98. The number of hydrogen-bond donors (Lipinski definition) is 3. The van der Waals surface area contributed by atoms with Crippen molar-refractivity contribution in [2.24, 2.45) is 5.92 Å². The summed E-state index contributed by atoms with van der Waals surface area (Å²) in [5, 5.41) is 11.6. The first-order valence-corrected chi connectivity index (χ1v) is 6.21. The Labute approximate surface area is 112 Å². The summed E-state index contributed by atoms with van der Waals surface area (Å²) in [5.41, 5.74) is 7.32. The van der Waals surface area contributed by atoms with Gasteiger partial charge in [-0.25, -0.2) is 4.79 Å². The van der Waals surface area contributed by atoms with Crippen LogP contribution in [0.4, 0.5) is 5.69 Å². The van der Waals surface area contributed by atoms with E-state index in [4.69, 9.17) is 10.8 Å². The second-order valence-corrected chi connectivity index (χ2v) is 5.01. The average molecular weight is 264 g/mol. The highest BCUT2D eigenvalue weighted by molar-refractivity contribution is 5.98. The number of benzene rings is 1. The summed E-state index contributed by atoms with van der Waals surface area (Å²) in [5.74, 6) is -1.25. The number of hydrogen-bond acceptors (Lipinski definition) is 3. The molecular formula is C14H20N2O3. The number of carbonyl (C=O) groups is 2. The Kier molecular flexibility index (Phi) is 4.92. The maximum atomic E-state index is 12.1. The topological polar surface area (TPSA) is 92.4 Å². The van der Waals surface area contributed by atoms with Gasteiger partial charge in [0.25, 0.3) is 5.91 Å². The minimum Gasteiger partial charge on any atom is -0.480 e. The molecule has 0 aliphatic carbocycles. The van der Waals surface area contributed by atoms with Crippen LogP contribution in [0.1, 0.15) is 36.2 Å². The number of nitrogens with two attached hydrogens (primary N) is 1. The third-order valence-electron chi connectivity index (χ3n) is 2.93. The number of amides is 1. The SMILES string of the molecule is Cc1c(N)cccc1C(=O)N[C@@H](CC(C)C)C(=O)O. The Bertz CT molecular complexity index is 484. The van der Waals surface area contributed by atoms with Gasteiger partial charge in [0, 0.05) is 11.3 Å². The smallest absolute Gasteiger partial charge is 0.326 e. The molecule has 1 aromatic carbocycles. The number of carbonyl (C=O) groups excluding carboxylic acids is 1. The Morgan fingerprint density at radius 3 is 2.53 bits per heavy atom. The van der Waals surface area contributed by atoms with Crippen LogP contribution in [0.5, 0.6) is 0 Å². The van der Waals surface area contributed by atoms with E-state index in [1.54, 1.807) is 25.1 Å². The molecule has 0 bridgehead atoms. The van der Waals surface area contributed by atoms with E-state index in [-0.39, 0.29) is 5.92 Å². The molecule has 4 N–H and O–H groups in total. The lowest BCUT2D eigenvalue weighted by Crippen LogP contribution is -2.41. The fourth-order valence-corrected chi connectivity index (χ4v) is 1.83. The number of carboxylic acid groups (broad SMARTS) is 1. The van der Waals surface area contributed by atoms with Crippen LogP contribution >= 0.6 is 0 Å². The number of anilines is 1. The Morgan fingerprint density at radius 2 is 2.00 bits per heavy atom. The fraction of sp³-hybridized carbons (Fsp3) is 0.429. The number of nitrogen functional groups attached to an aromatic ring is 1. The first kappa shape index (κ1) is 15.0. The molecule has 0 saturated carbocycles. The van der Waals surface area contributed by atoms with Gasteiger partial charge >= 0.3 is 5.97 Å². The van der Waals surface area contributed by atoms with Crippen LogP contribution in [0, 0.1) is 12.8 Å². The van der Waals surface area contributed by atoms with Gasteiger partial charge < -0.3 is 16.2 Å². The second kappa shape index (κ2) is 6.22. The summed E-state index contributed by atoms with van der Waals surface area (Å²) in [7, 11) is 0. The lowest BCUT2D eigenvalue weighted by atomic mass is 10.0. The predicted molar refractivity (Wildman–Crippen MR) is 73.9 cm³/mol. The highest BCUT2D eigenvalue weighted by atomic mass is 16.4. The van der Waals surface area contributed by atoms with Gasteiger partial charge in [0.15, 0.2) is 0 Å². The van der Waals surface area contributed by atoms with Crippen molar-refractivity contribution < 1.29 is 14.7 Å². The van der Waals surface area contributed by atoms with E-state index in [0.717, 1.165) is 0 Å². The van der Waals surface area contributed by atoms with E-state index in [1.807, 2.05) is 13.8 Å². The molecule has 1 amide bonds. The zero-order valence-electron chi connectivity index (χ0n) is 11.4. The number of carboxylic acids is 1. The average Bonchev–Trinajstić information content (AvgIpc) is 2.31. The van der Waals surface area contributed by atoms with Crippen molar-refractivity contribution in [1.82, 2.24) is 5.32 Å². The van der Waals surface area contributed by atoms with E-state index in [9.17, 15) is 9.59 Å². The second-order valence-electron chi connectivity index (χ2n) is 5.01. The molecular weight excluding hydrogens is 244 g/mol. The predicted octanol–water partition coefficient (Wildman–Crippen LogP) is 1.81. The molecule has 0 radical (unpaired) electrons. The lowest BCUT2D eigenvalue weighted by molar-refractivity contribution is -0.139. The van der Waals surface area contributed by atoms with Gasteiger partial charge in [-0.05, 0) is 37.0 Å². The van der Waals surface area contributed by atoms with Gasteiger partial charge in [0.2, 0.25) is 0 Å². The Hall–Kier alpha value is -2.04. The molecule has 5 nitrogen and oxygen atoms in total. The van der Waals surface area contributed by atoms with Crippen LogP contribution in [0.3, 0.4) is 0 Å². The van der Waals surface area contributed by atoms with Crippen molar-refractivity contribution in [2.75, 3.05) is 5.73 Å². The Morgan fingerprint density at radius 1 is 1.37 bits per heavy atom. The quantitative estimate of drug-likeness (QED) is 0.707. The molecule has 104 valence electrons. The highest BCUT2D eigenvalue weighted by Crippen LogP contribution is 2.16.